The largest absolute Gasteiger partial charge is 0.271 e. The molecule has 21 heavy (non-hydrogen) atoms. The highest BCUT2D eigenvalue weighted by Gasteiger charge is 2.21. The minimum absolute atomic E-state index is 0.0571. The van der Waals surface area contributed by atoms with Crippen molar-refractivity contribution in [3.8, 4) is 0 Å². The number of hydrogen-bond donors (Lipinski definition) is 2. The highest BCUT2D eigenvalue weighted by molar-refractivity contribution is 5.42. The van der Waals surface area contributed by atoms with Crippen molar-refractivity contribution >= 4 is 0 Å². The monoisotopic (exact) mass is 280 g/mol. The van der Waals surface area contributed by atoms with Gasteiger partial charge in [-0.2, -0.15) is 0 Å². The summed E-state index contributed by atoms with van der Waals surface area (Å²) in [6, 6.07) is 15.5. The first-order chi connectivity index (χ1) is 10.2. The summed E-state index contributed by atoms with van der Waals surface area (Å²) in [6.07, 6.45) is 4.06. The molecule has 1 unspecified atom stereocenters. The third-order valence-electron chi connectivity index (χ3n) is 4.84. The van der Waals surface area contributed by atoms with Crippen LogP contribution in [0.3, 0.4) is 0 Å². The Morgan fingerprint density at radius 3 is 2.10 bits per heavy atom. The van der Waals surface area contributed by atoms with Crippen molar-refractivity contribution in [1.82, 2.24) is 5.43 Å². The lowest BCUT2D eigenvalue weighted by molar-refractivity contribution is 0.419. The Hall–Kier alpha value is -1.64. The Balaban J connectivity index is 1.92. The molecule has 0 radical (unpaired) electrons. The average Bonchev–Trinajstić information content (AvgIpc) is 2.42. The van der Waals surface area contributed by atoms with Gasteiger partial charge in [0.1, 0.15) is 0 Å². The topological polar surface area (TPSA) is 38.0 Å². The van der Waals surface area contributed by atoms with Crippen molar-refractivity contribution in [3.05, 3.63) is 70.3 Å². The highest BCUT2D eigenvalue weighted by atomic mass is 15.2. The number of hydrazine groups is 1. The zero-order chi connectivity index (χ0) is 14.8. The van der Waals surface area contributed by atoms with Crippen LogP contribution in [0, 0.1) is 13.8 Å². The first kappa shape index (κ1) is 14.3. The molecule has 1 atom stereocenters. The molecule has 0 spiro atoms. The van der Waals surface area contributed by atoms with Gasteiger partial charge >= 0.3 is 0 Å². The van der Waals surface area contributed by atoms with Crippen LogP contribution < -0.4 is 11.3 Å². The fraction of sp³-hybridized carbons (Fsp3) is 0.368. The third kappa shape index (κ3) is 2.74. The van der Waals surface area contributed by atoms with Gasteiger partial charge in [0.2, 0.25) is 0 Å². The van der Waals surface area contributed by atoms with E-state index in [9.17, 15) is 0 Å². The van der Waals surface area contributed by atoms with Gasteiger partial charge < -0.3 is 0 Å². The molecular formula is C19H24N2. The lowest BCUT2D eigenvalue weighted by Gasteiger charge is -2.27. The Morgan fingerprint density at radius 1 is 1.00 bits per heavy atom. The molecule has 2 heteroatoms. The summed E-state index contributed by atoms with van der Waals surface area (Å²) >= 11 is 0. The second kappa shape index (κ2) is 6.00. The molecule has 1 aliphatic carbocycles. The van der Waals surface area contributed by atoms with E-state index in [1.54, 1.807) is 0 Å². The average molecular weight is 280 g/mol. The molecule has 2 aromatic carbocycles. The summed E-state index contributed by atoms with van der Waals surface area (Å²) in [5, 5.41) is 0. The number of benzene rings is 2. The van der Waals surface area contributed by atoms with E-state index in [0.29, 0.717) is 0 Å². The highest BCUT2D eigenvalue weighted by Crippen LogP contribution is 2.37. The van der Waals surface area contributed by atoms with Crippen molar-refractivity contribution < 1.29 is 0 Å². The Bertz CT molecular complexity index is 592. The molecule has 3 rings (SSSR count). The minimum Gasteiger partial charge on any atom is -0.271 e. The van der Waals surface area contributed by atoms with Gasteiger partial charge in [-0.05, 0) is 60.4 Å². The molecule has 2 nitrogen and oxygen atoms in total. The van der Waals surface area contributed by atoms with Gasteiger partial charge in [0.25, 0.3) is 0 Å². The minimum atomic E-state index is 0.0571. The quantitative estimate of drug-likeness (QED) is 0.653. The summed E-state index contributed by atoms with van der Waals surface area (Å²) in [6.45, 7) is 4.30. The summed E-state index contributed by atoms with van der Waals surface area (Å²) in [5.74, 6) is 6.64. The van der Waals surface area contributed by atoms with E-state index in [4.69, 9.17) is 5.84 Å². The van der Waals surface area contributed by atoms with Crippen LogP contribution in [0.15, 0.2) is 42.5 Å². The fourth-order valence-electron chi connectivity index (χ4n) is 3.33. The van der Waals surface area contributed by atoms with E-state index in [-0.39, 0.29) is 6.04 Å². The van der Waals surface area contributed by atoms with Gasteiger partial charge in [0, 0.05) is 0 Å². The van der Waals surface area contributed by atoms with E-state index >= 15 is 0 Å². The number of nitrogens with one attached hydrogen (secondary N) is 1. The van der Waals surface area contributed by atoms with Gasteiger partial charge in [0.15, 0.2) is 0 Å². The molecule has 1 saturated carbocycles. The molecule has 3 N–H and O–H groups in total. The zero-order valence-electron chi connectivity index (χ0n) is 12.9. The molecule has 0 aromatic heterocycles. The smallest absolute Gasteiger partial charge is 0.0715 e. The lowest BCUT2D eigenvalue weighted by Crippen LogP contribution is -2.30. The van der Waals surface area contributed by atoms with E-state index in [1.807, 2.05) is 0 Å². The van der Waals surface area contributed by atoms with E-state index in [1.165, 1.54) is 47.1 Å². The summed E-state index contributed by atoms with van der Waals surface area (Å²) in [5.41, 5.74) is 9.55. The van der Waals surface area contributed by atoms with Crippen molar-refractivity contribution in [1.29, 1.82) is 0 Å². The number of rotatable bonds is 4. The second-order valence-electron chi connectivity index (χ2n) is 6.20. The lowest BCUT2D eigenvalue weighted by atomic mass is 9.79. The van der Waals surface area contributed by atoms with Crippen molar-refractivity contribution in [2.75, 3.05) is 0 Å². The predicted octanol–water partition coefficient (Wildman–Crippen LogP) is 4.12. The van der Waals surface area contributed by atoms with Crippen LogP contribution in [-0.4, -0.2) is 0 Å². The number of nitrogens with two attached hydrogens (primary N) is 1. The van der Waals surface area contributed by atoms with Crippen LogP contribution in [-0.2, 0) is 0 Å². The maximum absolute atomic E-state index is 5.86. The van der Waals surface area contributed by atoms with Gasteiger partial charge in [-0.15, -0.1) is 0 Å². The molecule has 0 amide bonds. The molecule has 1 aliphatic rings. The first-order valence-corrected chi connectivity index (χ1v) is 7.83. The second-order valence-corrected chi connectivity index (χ2v) is 6.20. The molecule has 110 valence electrons. The fourth-order valence-corrected chi connectivity index (χ4v) is 3.33. The van der Waals surface area contributed by atoms with Crippen LogP contribution in [0.5, 0.6) is 0 Å². The summed E-state index contributed by atoms with van der Waals surface area (Å²) < 4.78 is 0. The van der Waals surface area contributed by atoms with E-state index < -0.39 is 0 Å². The number of aryl methyl sites for hydroxylation is 2. The molecule has 0 saturated heterocycles. The Morgan fingerprint density at radius 2 is 1.62 bits per heavy atom. The van der Waals surface area contributed by atoms with Crippen LogP contribution in [0.25, 0.3) is 0 Å². The van der Waals surface area contributed by atoms with Crippen LogP contribution in [0.1, 0.15) is 59.0 Å². The summed E-state index contributed by atoms with van der Waals surface area (Å²) in [4.78, 5) is 0. The van der Waals surface area contributed by atoms with Gasteiger partial charge in [-0.1, -0.05) is 48.9 Å². The zero-order valence-corrected chi connectivity index (χ0v) is 12.9. The van der Waals surface area contributed by atoms with Crippen molar-refractivity contribution in [2.24, 2.45) is 5.84 Å². The molecule has 1 fully saturated rings. The van der Waals surface area contributed by atoms with Crippen LogP contribution in [0.2, 0.25) is 0 Å². The summed E-state index contributed by atoms with van der Waals surface area (Å²) in [7, 11) is 0. The maximum atomic E-state index is 5.86. The maximum Gasteiger partial charge on any atom is 0.0715 e. The molecule has 2 aromatic rings. The Kier molecular flexibility index (Phi) is 4.09. The van der Waals surface area contributed by atoms with E-state index in [2.05, 4.69) is 61.7 Å². The molecule has 0 aliphatic heterocycles. The Labute approximate surface area is 127 Å². The predicted molar refractivity (Wildman–Crippen MR) is 88.1 cm³/mol. The van der Waals surface area contributed by atoms with Crippen molar-refractivity contribution in [3.63, 3.8) is 0 Å². The molecule has 0 bridgehead atoms. The number of hydrogen-bond acceptors (Lipinski definition) is 2. The normalized spacial score (nSPS) is 16.5. The molecular weight excluding hydrogens is 256 g/mol. The van der Waals surface area contributed by atoms with E-state index in [0.717, 1.165) is 5.92 Å². The molecule has 0 heterocycles. The third-order valence-corrected chi connectivity index (χ3v) is 4.84. The van der Waals surface area contributed by atoms with Crippen LogP contribution in [0.4, 0.5) is 0 Å². The van der Waals surface area contributed by atoms with Crippen molar-refractivity contribution in [2.45, 2.75) is 45.1 Å². The SMILES string of the molecule is Cc1cccc(C)c1C(NN)c1ccc(C2CCC2)cc1. The van der Waals surface area contributed by atoms with Gasteiger partial charge in [0.05, 0.1) is 6.04 Å². The first-order valence-electron chi connectivity index (χ1n) is 7.83. The van der Waals surface area contributed by atoms with Gasteiger partial charge in [-0.25, -0.2) is 5.43 Å². The van der Waals surface area contributed by atoms with Gasteiger partial charge in [-0.3, -0.25) is 5.84 Å². The van der Waals surface area contributed by atoms with Crippen LogP contribution >= 0.6 is 0 Å². The standard InChI is InChI=1S/C19H24N2/c1-13-5-3-6-14(2)18(13)19(21-20)17-11-9-16(10-12-17)15-7-4-8-15/h3,5-6,9-12,15,19,21H,4,7-8,20H2,1-2H3.